The summed E-state index contributed by atoms with van der Waals surface area (Å²) in [5.41, 5.74) is 8.63. The Morgan fingerprint density at radius 2 is 1.96 bits per heavy atom. The van der Waals surface area contributed by atoms with Crippen LogP contribution in [-0.2, 0) is 0 Å². The van der Waals surface area contributed by atoms with Crippen LogP contribution in [0.3, 0.4) is 0 Å². The van der Waals surface area contributed by atoms with Crippen LogP contribution in [-0.4, -0.2) is 9.97 Å². The van der Waals surface area contributed by atoms with Gasteiger partial charge in [-0.25, -0.2) is 9.37 Å². The molecular formula is C17H10BrFN4. The number of hydrogen-bond donors (Lipinski definition) is 1. The Morgan fingerprint density at radius 3 is 2.61 bits per heavy atom. The van der Waals surface area contributed by atoms with Crippen molar-refractivity contribution in [1.29, 1.82) is 5.26 Å². The molecular weight excluding hydrogens is 359 g/mol. The van der Waals surface area contributed by atoms with Crippen LogP contribution in [0.15, 0.2) is 53.1 Å². The summed E-state index contributed by atoms with van der Waals surface area (Å²) < 4.78 is 13.8. The molecule has 3 rings (SSSR count). The normalized spacial score (nSPS) is 10.3. The second-order valence-electron chi connectivity index (χ2n) is 4.77. The van der Waals surface area contributed by atoms with E-state index in [1.165, 1.54) is 6.07 Å². The van der Waals surface area contributed by atoms with Gasteiger partial charge in [-0.05, 0) is 51.8 Å². The van der Waals surface area contributed by atoms with Gasteiger partial charge in [-0.2, -0.15) is 5.26 Å². The Hall–Kier alpha value is -2.78. The Morgan fingerprint density at radius 1 is 1.13 bits per heavy atom. The van der Waals surface area contributed by atoms with Gasteiger partial charge in [-0.15, -0.1) is 0 Å². The lowest BCUT2D eigenvalue weighted by Gasteiger charge is -2.10. The monoisotopic (exact) mass is 368 g/mol. The lowest BCUT2D eigenvalue weighted by atomic mass is 9.99. The molecule has 112 valence electrons. The van der Waals surface area contributed by atoms with Gasteiger partial charge in [0.25, 0.3) is 0 Å². The minimum atomic E-state index is -0.376. The van der Waals surface area contributed by atoms with E-state index in [4.69, 9.17) is 5.73 Å². The van der Waals surface area contributed by atoms with Crippen LogP contribution in [0.25, 0.3) is 22.5 Å². The number of nitrogen functional groups attached to an aromatic ring is 1. The summed E-state index contributed by atoms with van der Waals surface area (Å²) in [6.07, 6.45) is 1.65. The first kappa shape index (κ1) is 15.1. The van der Waals surface area contributed by atoms with E-state index in [2.05, 4.69) is 32.0 Å². The largest absolute Gasteiger partial charge is 0.383 e. The summed E-state index contributed by atoms with van der Waals surface area (Å²) in [4.78, 5) is 8.49. The summed E-state index contributed by atoms with van der Waals surface area (Å²) in [5.74, 6) is -0.259. The molecule has 0 fully saturated rings. The van der Waals surface area contributed by atoms with Crippen LogP contribution in [0.2, 0.25) is 0 Å². The third-order valence-corrected chi connectivity index (χ3v) is 3.92. The number of nitrogens with zero attached hydrogens (tertiary/aromatic N) is 3. The highest BCUT2D eigenvalue weighted by Gasteiger charge is 2.14. The van der Waals surface area contributed by atoms with Crippen LogP contribution < -0.4 is 5.73 Å². The molecule has 0 amide bonds. The molecule has 0 saturated heterocycles. The van der Waals surface area contributed by atoms with E-state index in [0.717, 1.165) is 0 Å². The van der Waals surface area contributed by atoms with Crippen LogP contribution in [0.5, 0.6) is 0 Å². The molecule has 3 aromatic rings. The van der Waals surface area contributed by atoms with Crippen LogP contribution in [0, 0.1) is 17.1 Å². The van der Waals surface area contributed by atoms with Crippen molar-refractivity contribution in [2.45, 2.75) is 0 Å². The average Bonchev–Trinajstić information content (AvgIpc) is 2.57. The van der Waals surface area contributed by atoms with E-state index in [1.807, 2.05) is 6.07 Å². The maximum Gasteiger partial charge on any atom is 0.142 e. The maximum atomic E-state index is 13.5. The summed E-state index contributed by atoms with van der Waals surface area (Å²) in [5, 5.41) is 9.37. The highest BCUT2D eigenvalue weighted by molar-refractivity contribution is 9.10. The molecule has 4 nitrogen and oxygen atoms in total. The number of nitriles is 1. The topological polar surface area (TPSA) is 75.6 Å². The fraction of sp³-hybridized carbons (Fsp3) is 0. The summed E-state index contributed by atoms with van der Waals surface area (Å²) >= 11 is 3.15. The number of aromatic nitrogens is 2. The van der Waals surface area contributed by atoms with E-state index >= 15 is 0 Å². The molecule has 0 unspecified atom stereocenters. The quantitative estimate of drug-likeness (QED) is 0.736. The fourth-order valence-electron chi connectivity index (χ4n) is 2.22. The zero-order valence-corrected chi connectivity index (χ0v) is 13.4. The van der Waals surface area contributed by atoms with Crippen LogP contribution in [0.4, 0.5) is 10.2 Å². The maximum absolute atomic E-state index is 13.5. The second-order valence-corrected chi connectivity index (χ2v) is 5.63. The molecule has 0 radical (unpaired) electrons. The number of halogens is 2. The fourth-order valence-corrected chi connectivity index (χ4v) is 2.60. The standard InChI is InChI=1S/C17H10BrFN4/c18-13-7-10(4-5-14(13)19)11-8-16(15-3-1-2-6-22-15)23-17(21)12(11)9-20/h1-8H,(H2,21,23). The number of benzene rings is 1. The molecule has 0 atom stereocenters. The van der Waals surface area contributed by atoms with Gasteiger partial charge in [-0.3, -0.25) is 4.98 Å². The Balaban J connectivity index is 2.24. The predicted octanol–water partition coefficient (Wildman–Crippen LogP) is 4.17. The molecule has 0 spiro atoms. The van der Waals surface area contributed by atoms with E-state index < -0.39 is 0 Å². The Kier molecular flexibility index (Phi) is 4.04. The SMILES string of the molecule is N#Cc1c(-c2ccc(F)c(Br)c2)cc(-c2ccccn2)nc1N. The van der Waals surface area contributed by atoms with E-state index in [9.17, 15) is 9.65 Å². The van der Waals surface area contributed by atoms with Gasteiger partial charge in [0.05, 0.1) is 15.9 Å². The first-order chi connectivity index (χ1) is 11.1. The van der Waals surface area contributed by atoms with E-state index in [-0.39, 0.29) is 17.2 Å². The van der Waals surface area contributed by atoms with Crippen molar-refractivity contribution in [3.05, 3.63) is 64.5 Å². The minimum absolute atomic E-state index is 0.117. The molecule has 0 bridgehead atoms. The van der Waals surface area contributed by atoms with Gasteiger partial charge >= 0.3 is 0 Å². The Bertz CT molecular complexity index is 920. The van der Waals surface area contributed by atoms with Crippen molar-refractivity contribution in [2.24, 2.45) is 0 Å². The summed E-state index contributed by atoms with van der Waals surface area (Å²) in [6, 6.07) is 13.8. The highest BCUT2D eigenvalue weighted by Crippen LogP contribution is 2.32. The van der Waals surface area contributed by atoms with Crippen molar-refractivity contribution in [2.75, 3.05) is 5.73 Å². The number of hydrogen-bond acceptors (Lipinski definition) is 4. The van der Waals surface area contributed by atoms with Crippen molar-refractivity contribution in [3.63, 3.8) is 0 Å². The summed E-state index contributed by atoms with van der Waals surface area (Å²) in [7, 11) is 0. The molecule has 2 aromatic heterocycles. The smallest absolute Gasteiger partial charge is 0.142 e. The van der Waals surface area contributed by atoms with Crippen molar-refractivity contribution in [1.82, 2.24) is 9.97 Å². The first-order valence-electron chi connectivity index (χ1n) is 6.67. The molecule has 6 heteroatoms. The van der Waals surface area contributed by atoms with Crippen LogP contribution >= 0.6 is 15.9 Å². The first-order valence-corrected chi connectivity index (χ1v) is 7.47. The third-order valence-electron chi connectivity index (χ3n) is 3.32. The van der Waals surface area contributed by atoms with Crippen molar-refractivity contribution < 1.29 is 4.39 Å². The minimum Gasteiger partial charge on any atom is -0.383 e. The van der Waals surface area contributed by atoms with Gasteiger partial charge in [-0.1, -0.05) is 12.1 Å². The van der Waals surface area contributed by atoms with Gasteiger partial charge in [0.15, 0.2) is 0 Å². The molecule has 1 aromatic carbocycles. The lowest BCUT2D eigenvalue weighted by molar-refractivity contribution is 0.621. The molecule has 2 heterocycles. The zero-order valence-electron chi connectivity index (χ0n) is 11.8. The van der Waals surface area contributed by atoms with Crippen molar-refractivity contribution in [3.8, 4) is 28.6 Å². The highest BCUT2D eigenvalue weighted by atomic mass is 79.9. The third kappa shape index (κ3) is 2.91. The van der Waals surface area contributed by atoms with Gasteiger partial charge in [0, 0.05) is 11.8 Å². The number of anilines is 1. The number of nitrogens with two attached hydrogens (primary N) is 1. The number of rotatable bonds is 2. The van der Waals surface area contributed by atoms with E-state index in [0.29, 0.717) is 27.0 Å². The molecule has 0 saturated carbocycles. The van der Waals surface area contributed by atoms with Crippen molar-refractivity contribution >= 4 is 21.7 Å². The predicted molar refractivity (Wildman–Crippen MR) is 89.7 cm³/mol. The average molecular weight is 369 g/mol. The second kappa shape index (κ2) is 6.15. The van der Waals surface area contributed by atoms with Gasteiger partial charge in [0.1, 0.15) is 23.3 Å². The van der Waals surface area contributed by atoms with E-state index in [1.54, 1.807) is 36.5 Å². The molecule has 2 N–H and O–H groups in total. The Labute approximate surface area is 140 Å². The molecule has 0 aliphatic carbocycles. The van der Waals surface area contributed by atoms with Gasteiger partial charge < -0.3 is 5.73 Å². The van der Waals surface area contributed by atoms with Crippen LogP contribution in [0.1, 0.15) is 5.56 Å². The molecule has 23 heavy (non-hydrogen) atoms. The summed E-state index contributed by atoms with van der Waals surface area (Å²) in [6.45, 7) is 0. The zero-order chi connectivity index (χ0) is 16.4. The molecule has 0 aliphatic rings. The lowest BCUT2D eigenvalue weighted by Crippen LogP contribution is -2.00. The van der Waals surface area contributed by atoms with Gasteiger partial charge in [0.2, 0.25) is 0 Å². The number of pyridine rings is 2. The molecule has 0 aliphatic heterocycles.